The van der Waals surface area contributed by atoms with Gasteiger partial charge in [0.15, 0.2) is 11.5 Å². The molecule has 0 unspecified atom stereocenters. The van der Waals surface area contributed by atoms with Crippen molar-refractivity contribution in [3.05, 3.63) is 97.5 Å². The van der Waals surface area contributed by atoms with Crippen LogP contribution in [0.25, 0.3) is 11.6 Å². The van der Waals surface area contributed by atoms with Gasteiger partial charge < -0.3 is 14.6 Å². The predicted octanol–water partition coefficient (Wildman–Crippen LogP) is 6.10. The number of nitriles is 1. The van der Waals surface area contributed by atoms with Crippen LogP contribution in [0.4, 0.5) is 5.69 Å². The zero-order valence-corrected chi connectivity index (χ0v) is 19.6. The van der Waals surface area contributed by atoms with E-state index in [0.29, 0.717) is 33.7 Å². The number of nitro groups is 1. The van der Waals surface area contributed by atoms with Crippen molar-refractivity contribution in [2.45, 2.75) is 13.5 Å². The van der Waals surface area contributed by atoms with Crippen molar-refractivity contribution in [2.24, 2.45) is 0 Å². The zero-order chi connectivity index (χ0) is 24.7. The van der Waals surface area contributed by atoms with Gasteiger partial charge in [-0.05, 0) is 69.9 Å². The average Bonchev–Trinajstić information content (AvgIpc) is 2.82. The third-order valence-corrected chi connectivity index (χ3v) is 5.30. The molecule has 0 atom stereocenters. The van der Waals surface area contributed by atoms with Gasteiger partial charge in [-0.1, -0.05) is 24.3 Å². The molecule has 0 bridgehead atoms. The summed E-state index contributed by atoms with van der Waals surface area (Å²) in [7, 11) is 0. The number of halogens is 1. The van der Waals surface area contributed by atoms with Gasteiger partial charge in [-0.2, -0.15) is 5.26 Å². The van der Waals surface area contributed by atoms with Crippen LogP contribution in [-0.4, -0.2) is 22.6 Å². The number of hydrogen-bond donors (Lipinski definition) is 1. The lowest BCUT2D eigenvalue weighted by Crippen LogP contribution is -2.02. The van der Waals surface area contributed by atoms with Gasteiger partial charge in [0, 0.05) is 12.1 Å². The molecule has 0 heterocycles. The maximum atomic E-state index is 11.1. The second-order valence-electron chi connectivity index (χ2n) is 7.03. The molecule has 0 spiro atoms. The van der Waals surface area contributed by atoms with E-state index in [1.54, 1.807) is 36.4 Å². The highest BCUT2D eigenvalue weighted by molar-refractivity contribution is 9.10. The summed E-state index contributed by atoms with van der Waals surface area (Å²) in [5.41, 5.74) is 2.18. The number of carbonyl (C=O) groups is 1. The maximum absolute atomic E-state index is 11.1. The van der Waals surface area contributed by atoms with Gasteiger partial charge in [-0.3, -0.25) is 10.1 Å². The van der Waals surface area contributed by atoms with Crippen molar-refractivity contribution in [3.63, 3.8) is 0 Å². The molecule has 0 fully saturated rings. The lowest BCUT2D eigenvalue weighted by molar-refractivity contribution is -0.384. The Morgan fingerprint density at radius 1 is 1.15 bits per heavy atom. The quantitative estimate of drug-likeness (QED) is 0.156. The van der Waals surface area contributed by atoms with E-state index in [0.717, 1.165) is 5.56 Å². The molecule has 0 aliphatic heterocycles. The van der Waals surface area contributed by atoms with Crippen molar-refractivity contribution in [3.8, 4) is 17.6 Å². The third kappa shape index (κ3) is 5.99. The number of nitro benzene ring substituents is 1. The highest BCUT2D eigenvalue weighted by atomic mass is 79.9. The molecular formula is C25H19BrN2O6. The van der Waals surface area contributed by atoms with Gasteiger partial charge in [-0.25, -0.2) is 4.79 Å². The SMILES string of the molecule is CCOc1cc(/C=C(/C#N)c2cccc([N+](=O)[O-])c2)cc(Br)c1OCc1ccc(C(=O)O)cc1. The fraction of sp³-hybridized carbons (Fsp3) is 0.120. The summed E-state index contributed by atoms with van der Waals surface area (Å²) in [6, 6.07) is 17.8. The number of non-ortho nitro benzene ring substituents is 1. The Bertz CT molecular complexity index is 1300. The predicted molar refractivity (Wildman–Crippen MR) is 130 cm³/mol. The van der Waals surface area contributed by atoms with E-state index in [9.17, 15) is 20.2 Å². The third-order valence-electron chi connectivity index (χ3n) is 4.72. The number of carboxylic acid groups (broad SMARTS) is 1. The van der Waals surface area contributed by atoms with E-state index in [2.05, 4.69) is 22.0 Å². The molecule has 3 rings (SSSR count). The normalized spacial score (nSPS) is 10.9. The standard InChI is InChI=1S/C25H19BrN2O6/c1-2-33-23-12-17(10-20(14-27)19-4-3-5-21(13-19)28(31)32)11-22(26)24(23)34-15-16-6-8-18(9-7-16)25(29)30/h3-13H,2,15H2,1H3,(H,29,30)/b20-10-. The lowest BCUT2D eigenvalue weighted by Gasteiger charge is -2.15. The van der Waals surface area contributed by atoms with Crippen LogP contribution >= 0.6 is 15.9 Å². The van der Waals surface area contributed by atoms with Crippen LogP contribution in [0.15, 0.2) is 65.1 Å². The fourth-order valence-corrected chi connectivity index (χ4v) is 3.68. The molecule has 0 aliphatic carbocycles. The number of allylic oxidation sites excluding steroid dienone is 1. The van der Waals surface area contributed by atoms with E-state index in [-0.39, 0.29) is 23.4 Å². The molecule has 0 aromatic heterocycles. The van der Waals surface area contributed by atoms with Gasteiger partial charge in [0.2, 0.25) is 0 Å². The van der Waals surface area contributed by atoms with Gasteiger partial charge >= 0.3 is 5.97 Å². The van der Waals surface area contributed by atoms with Crippen LogP contribution in [-0.2, 0) is 6.61 Å². The van der Waals surface area contributed by atoms with Crippen molar-refractivity contribution in [2.75, 3.05) is 6.61 Å². The zero-order valence-electron chi connectivity index (χ0n) is 18.0. The topological polar surface area (TPSA) is 123 Å². The van der Waals surface area contributed by atoms with E-state index in [1.807, 2.05) is 6.92 Å². The van der Waals surface area contributed by atoms with Gasteiger partial charge in [0.25, 0.3) is 5.69 Å². The first-order valence-corrected chi connectivity index (χ1v) is 10.9. The minimum atomic E-state index is -1.00. The Kier molecular flexibility index (Phi) is 8.01. The van der Waals surface area contributed by atoms with Gasteiger partial charge in [0.05, 0.1) is 33.2 Å². The summed E-state index contributed by atoms with van der Waals surface area (Å²) >= 11 is 3.49. The minimum absolute atomic E-state index is 0.102. The summed E-state index contributed by atoms with van der Waals surface area (Å²) in [5.74, 6) is -0.101. The number of hydrogen-bond acceptors (Lipinski definition) is 6. The van der Waals surface area contributed by atoms with E-state index in [1.165, 1.54) is 30.3 Å². The summed E-state index contributed by atoms with van der Waals surface area (Å²) in [5, 5.41) is 29.7. The second kappa shape index (κ2) is 11.1. The highest BCUT2D eigenvalue weighted by Gasteiger charge is 2.14. The molecule has 0 radical (unpaired) electrons. The first kappa shape index (κ1) is 24.5. The van der Waals surface area contributed by atoms with Crippen molar-refractivity contribution < 1.29 is 24.3 Å². The Morgan fingerprint density at radius 3 is 2.50 bits per heavy atom. The molecular weight excluding hydrogens is 504 g/mol. The molecule has 0 saturated heterocycles. The molecule has 34 heavy (non-hydrogen) atoms. The molecule has 3 aromatic rings. The van der Waals surface area contributed by atoms with Gasteiger partial charge in [-0.15, -0.1) is 0 Å². The van der Waals surface area contributed by atoms with Crippen molar-refractivity contribution in [1.29, 1.82) is 5.26 Å². The minimum Gasteiger partial charge on any atom is -0.490 e. The second-order valence-corrected chi connectivity index (χ2v) is 7.89. The van der Waals surface area contributed by atoms with Crippen LogP contribution < -0.4 is 9.47 Å². The van der Waals surface area contributed by atoms with Crippen LogP contribution in [0.3, 0.4) is 0 Å². The Hall–Kier alpha value is -4.16. The molecule has 9 heteroatoms. The number of rotatable bonds is 9. The molecule has 0 aliphatic rings. The van der Waals surface area contributed by atoms with Gasteiger partial charge in [0.1, 0.15) is 6.61 Å². The first-order valence-electron chi connectivity index (χ1n) is 10.1. The fourth-order valence-electron chi connectivity index (χ4n) is 3.11. The van der Waals surface area contributed by atoms with Crippen molar-refractivity contribution in [1.82, 2.24) is 0 Å². The Morgan fingerprint density at radius 2 is 1.88 bits per heavy atom. The number of carboxylic acids is 1. The number of nitrogens with zero attached hydrogens (tertiary/aromatic N) is 2. The number of ether oxygens (including phenoxy) is 2. The molecule has 1 N–H and O–H groups in total. The van der Waals surface area contributed by atoms with Crippen LogP contribution in [0.5, 0.6) is 11.5 Å². The number of benzene rings is 3. The Labute approximate surface area is 204 Å². The molecule has 172 valence electrons. The van der Waals surface area contributed by atoms with Crippen LogP contribution in [0.1, 0.15) is 34.0 Å². The molecule has 0 amide bonds. The smallest absolute Gasteiger partial charge is 0.335 e. The largest absolute Gasteiger partial charge is 0.490 e. The summed E-state index contributed by atoms with van der Waals surface area (Å²) in [6.07, 6.45) is 1.61. The first-order chi connectivity index (χ1) is 16.3. The lowest BCUT2D eigenvalue weighted by atomic mass is 10.0. The van der Waals surface area contributed by atoms with E-state index >= 15 is 0 Å². The van der Waals surface area contributed by atoms with Crippen LogP contribution in [0, 0.1) is 21.4 Å². The van der Waals surface area contributed by atoms with E-state index < -0.39 is 10.9 Å². The molecule has 0 saturated carbocycles. The van der Waals surface area contributed by atoms with Crippen molar-refractivity contribution >= 4 is 39.2 Å². The average molecular weight is 523 g/mol. The summed E-state index contributed by atoms with van der Waals surface area (Å²) < 4.78 is 12.3. The summed E-state index contributed by atoms with van der Waals surface area (Å²) in [6.45, 7) is 2.39. The molecule has 8 nitrogen and oxygen atoms in total. The monoisotopic (exact) mass is 522 g/mol. The maximum Gasteiger partial charge on any atom is 0.335 e. The Balaban J connectivity index is 1.90. The summed E-state index contributed by atoms with van der Waals surface area (Å²) in [4.78, 5) is 21.6. The number of aromatic carboxylic acids is 1. The highest BCUT2D eigenvalue weighted by Crippen LogP contribution is 2.38. The van der Waals surface area contributed by atoms with E-state index in [4.69, 9.17) is 14.6 Å². The molecule has 3 aromatic carbocycles. The van der Waals surface area contributed by atoms with Crippen LogP contribution in [0.2, 0.25) is 0 Å².